The van der Waals surface area contributed by atoms with E-state index in [4.69, 9.17) is 0 Å². The SMILES string of the molecule is Cc1ccn(CC(=O)NN=Cc2c(C)nn(C)c2F)n1. The monoisotopic (exact) mass is 278 g/mol. The topological polar surface area (TPSA) is 77.1 Å². The minimum absolute atomic E-state index is 0.0552. The molecule has 0 aliphatic rings. The van der Waals surface area contributed by atoms with Crippen LogP contribution in [0.5, 0.6) is 0 Å². The van der Waals surface area contributed by atoms with Crippen LogP contribution in [0.3, 0.4) is 0 Å². The Bertz CT molecular complexity index is 657. The van der Waals surface area contributed by atoms with Gasteiger partial charge in [-0.15, -0.1) is 0 Å². The van der Waals surface area contributed by atoms with Crippen molar-refractivity contribution in [1.29, 1.82) is 0 Å². The molecule has 1 N–H and O–H groups in total. The third kappa shape index (κ3) is 3.08. The van der Waals surface area contributed by atoms with E-state index in [1.807, 2.05) is 6.92 Å². The molecule has 0 radical (unpaired) electrons. The van der Waals surface area contributed by atoms with Crippen LogP contribution in [0.1, 0.15) is 17.0 Å². The summed E-state index contributed by atoms with van der Waals surface area (Å²) in [5, 5.41) is 11.7. The maximum atomic E-state index is 13.6. The first-order valence-corrected chi connectivity index (χ1v) is 5.98. The third-order valence-corrected chi connectivity index (χ3v) is 2.66. The molecule has 2 heterocycles. The number of nitrogens with zero attached hydrogens (tertiary/aromatic N) is 5. The lowest BCUT2D eigenvalue weighted by Crippen LogP contribution is -2.23. The van der Waals surface area contributed by atoms with Gasteiger partial charge in [0, 0.05) is 13.2 Å². The Labute approximate surface area is 115 Å². The lowest BCUT2D eigenvalue weighted by Gasteiger charge is -1.99. The van der Waals surface area contributed by atoms with Gasteiger partial charge in [-0.2, -0.15) is 19.7 Å². The van der Waals surface area contributed by atoms with Crippen LogP contribution in [-0.4, -0.2) is 31.7 Å². The average molecular weight is 278 g/mol. The van der Waals surface area contributed by atoms with E-state index in [1.165, 1.54) is 17.9 Å². The summed E-state index contributed by atoms with van der Waals surface area (Å²) >= 11 is 0. The van der Waals surface area contributed by atoms with Gasteiger partial charge in [0.25, 0.3) is 5.91 Å². The Morgan fingerprint density at radius 2 is 2.25 bits per heavy atom. The number of carbonyl (C=O) groups excluding carboxylic acids is 1. The van der Waals surface area contributed by atoms with Crippen molar-refractivity contribution >= 4 is 12.1 Å². The predicted molar refractivity (Wildman–Crippen MR) is 70.6 cm³/mol. The van der Waals surface area contributed by atoms with E-state index in [-0.39, 0.29) is 18.0 Å². The number of nitrogens with one attached hydrogen (secondary N) is 1. The van der Waals surface area contributed by atoms with Crippen LogP contribution in [0.2, 0.25) is 0 Å². The second kappa shape index (κ2) is 5.64. The van der Waals surface area contributed by atoms with Crippen LogP contribution in [0.25, 0.3) is 0 Å². The Morgan fingerprint density at radius 3 is 2.80 bits per heavy atom. The molecule has 0 saturated carbocycles. The van der Waals surface area contributed by atoms with Crippen molar-refractivity contribution in [2.45, 2.75) is 20.4 Å². The summed E-state index contributed by atoms with van der Waals surface area (Å²) in [6, 6.07) is 1.80. The Hall–Kier alpha value is -2.51. The van der Waals surface area contributed by atoms with Crippen molar-refractivity contribution in [2.75, 3.05) is 0 Å². The second-order valence-electron chi connectivity index (χ2n) is 4.36. The summed E-state index contributed by atoms with van der Waals surface area (Å²) in [4.78, 5) is 11.6. The number of halogens is 1. The third-order valence-electron chi connectivity index (χ3n) is 2.66. The zero-order valence-electron chi connectivity index (χ0n) is 11.5. The maximum absolute atomic E-state index is 13.6. The average Bonchev–Trinajstić information content (AvgIpc) is 2.88. The van der Waals surface area contributed by atoms with Gasteiger partial charge in [-0.25, -0.2) is 10.1 Å². The molecule has 0 aliphatic heterocycles. The number of aromatic nitrogens is 4. The van der Waals surface area contributed by atoms with E-state index in [0.29, 0.717) is 5.69 Å². The fourth-order valence-corrected chi connectivity index (χ4v) is 1.70. The van der Waals surface area contributed by atoms with Crippen LogP contribution in [0, 0.1) is 19.8 Å². The van der Waals surface area contributed by atoms with Gasteiger partial charge >= 0.3 is 0 Å². The first-order valence-electron chi connectivity index (χ1n) is 5.98. The van der Waals surface area contributed by atoms with Gasteiger partial charge in [0.05, 0.1) is 23.2 Å². The Kier molecular flexibility index (Phi) is 3.92. The summed E-state index contributed by atoms with van der Waals surface area (Å²) in [7, 11) is 1.50. The Morgan fingerprint density at radius 1 is 1.50 bits per heavy atom. The summed E-state index contributed by atoms with van der Waals surface area (Å²) < 4.78 is 16.2. The smallest absolute Gasteiger partial charge is 0.261 e. The van der Waals surface area contributed by atoms with Gasteiger partial charge in [-0.3, -0.25) is 9.48 Å². The van der Waals surface area contributed by atoms with Crippen molar-refractivity contribution < 1.29 is 9.18 Å². The lowest BCUT2D eigenvalue weighted by atomic mass is 10.3. The first kappa shape index (κ1) is 13.9. The molecule has 2 aromatic rings. The molecule has 20 heavy (non-hydrogen) atoms. The molecule has 0 spiro atoms. The number of rotatable bonds is 4. The van der Waals surface area contributed by atoms with Gasteiger partial charge in [-0.05, 0) is 19.9 Å². The number of hydrazone groups is 1. The van der Waals surface area contributed by atoms with Crippen molar-refractivity contribution in [2.24, 2.45) is 12.1 Å². The van der Waals surface area contributed by atoms with Gasteiger partial charge in [0.1, 0.15) is 6.54 Å². The van der Waals surface area contributed by atoms with Gasteiger partial charge < -0.3 is 0 Å². The minimum atomic E-state index is -0.497. The van der Waals surface area contributed by atoms with E-state index in [2.05, 4.69) is 20.7 Å². The zero-order chi connectivity index (χ0) is 14.7. The molecule has 2 rings (SSSR count). The molecule has 0 atom stereocenters. The van der Waals surface area contributed by atoms with Gasteiger partial charge in [0.15, 0.2) is 0 Å². The molecule has 0 bridgehead atoms. The van der Waals surface area contributed by atoms with Crippen LogP contribution in [0.15, 0.2) is 17.4 Å². The van der Waals surface area contributed by atoms with Crippen LogP contribution in [0.4, 0.5) is 4.39 Å². The fraction of sp³-hybridized carbons (Fsp3) is 0.333. The molecule has 106 valence electrons. The fourth-order valence-electron chi connectivity index (χ4n) is 1.70. The molecule has 8 heteroatoms. The molecule has 0 aliphatic carbocycles. The predicted octanol–water partition coefficient (Wildman–Crippen LogP) is 0.523. The number of amides is 1. The molecule has 7 nitrogen and oxygen atoms in total. The maximum Gasteiger partial charge on any atom is 0.261 e. The van der Waals surface area contributed by atoms with E-state index in [0.717, 1.165) is 10.4 Å². The molecular weight excluding hydrogens is 263 g/mol. The molecular formula is C12H15FN6O. The second-order valence-corrected chi connectivity index (χ2v) is 4.36. The molecule has 0 unspecified atom stereocenters. The molecule has 0 saturated heterocycles. The van der Waals surface area contributed by atoms with E-state index < -0.39 is 5.95 Å². The summed E-state index contributed by atoms with van der Waals surface area (Å²) in [5.41, 5.74) is 3.90. The van der Waals surface area contributed by atoms with Crippen molar-refractivity contribution in [1.82, 2.24) is 25.0 Å². The summed E-state index contributed by atoms with van der Waals surface area (Å²) in [6.45, 7) is 3.55. The van der Waals surface area contributed by atoms with Crippen molar-refractivity contribution in [3.05, 3.63) is 35.2 Å². The van der Waals surface area contributed by atoms with E-state index >= 15 is 0 Å². The summed E-state index contributed by atoms with van der Waals surface area (Å²) in [6.07, 6.45) is 2.94. The highest BCUT2D eigenvalue weighted by molar-refractivity contribution is 5.83. The van der Waals surface area contributed by atoms with Crippen molar-refractivity contribution in [3.63, 3.8) is 0 Å². The molecule has 0 fully saturated rings. The van der Waals surface area contributed by atoms with Crippen molar-refractivity contribution in [3.8, 4) is 0 Å². The highest BCUT2D eigenvalue weighted by atomic mass is 19.1. The minimum Gasteiger partial charge on any atom is -0.271 e. The number of carbonyl (C=O) groups is 1. The van der Waals surface area contributed by atoms with Gasteiger partial charge in [-0.1, -0.05) is 0 Å². The molecule has 1 amide bonds. The van der Waals surface area contributed by atoms with Gasteiger partial charge in [0.2, 0.25) is 5.95 Å². The standard InChI is InChI=1S/C12H15FN6O/c1-8-4-5-19(16-8)7-11(20)15-14-6-10-9(2)17-18(3)12(10)13/h4-6H,7H2,1-3H3,(H,15,20). The summed E-state index contributed by atoms with van der Waals surface area (Å²) in [5.74, 6) is -0.838. The van der Waals surface area contributed by atoms with E-state index in [1.54, 1.807) is 19.2 Å². The lowest BCUT2D eigenvalue weighted by molar-refractivity contribution is -0.121. The van der Waals surface area contributed by atoms with Crippen LogP contribution in [-0.2, 0) is 18.4 Å². The number of hydrogen-bond acceptors (Lipinski definition) is 4. The van der Waals surface area contributed by atoms with E-state index in [9.17, 15) is 9.18 Å². The highest BCUT2D eigenvalue weighted by Crippen LogP contribution is 2.07. The van der Waals surface area contributed by atoms with Crippen LogP contribution >= 0.6 is 0 Å². The highest BCUT2D eigenvalue weighted by Gasteiger charge is 2.10. The van der Waals surface area contributed by atoms with Crippen LogP contribution < -0.4 is 5.43 Å². The Balaban J connectivity index is 1.94. The molecule has 2 aromatic heterocycles. The zero-order valence-corrected chi connectivity index (χ0v) is 11.5. The number of aryl methyl sites for hydroxylation is 3. The largest absolute Gasteiger partial charge is 0.271 e. The normalized spacial score (nSPS) is 11.2. The first-order chi connectivity index (χ1) is 9.47. The quantitative estimate of drug-likeness (QED) is 0.654. The number of hydrogen-bond donors (Lipinski definition) is 1. The molecule has 0 aromatic carbocycles.